The van der Waals surface area contributed by atoms with Crippen molar-refractivity contribution in [2.75, 3.05) is 11.9 Å². The normalized spacial score (nSPS) is 16.9. The number of halogens is 1. The summed E-state index contributed by atoms with van der Waals surface area (Å²) in [5.74, 6) is 0.831. The maximum absolute atomic E-state index is 5.90. The third-order valence-electron chi connectivity index (χ3n) is 3.45. The summed E-state index contributed by atoms with van der Waals surface area (Å²) in [6.45, 7) is 3.09. The standard InChI is InChI=1S/C11H14ClN7/c1-11(3-2-4-11)5-14-9-16-8(12)17-10(18-9)19-7-13-6-15-19/h6-7H,2-5H2,1H3,(H,14,16,17,18). The van der Waals surface area contributed by atoms with Crippen LogP contribution in [0.25, 0.3) is 5.95 Å². The molecule has 1 N–H and O–H groups in total. The smallest absolute Gasteiger partial charge is 0.258 e. The fraction of sp³-hybridized carbons (Fsp3) is 0.545. The number of nitrogens with one attached hydrogen (secondary N) is 1. The van der Waals surface area contributed by atoms with Crippen LogP contribution < -0.4 is 5.32 Å². The second-order valence-corrected chi connectivity index (χ2v) is 5.42. The highest BCUT2D eigenvalue weighted by Gasteiger charge is 2.31. The van der Waals surface area contributed by atoms with Crippen LogP contribution in [-0.2, 0) is 0 Å². The molecule has 1 fully saturated rings. The van der Waals surface area contributed by atoms with Crippen molar-refractivity contribution in [3.8, 4) is 5.95 Å². The molecule has 0 spiro atoms. The summed E-state index contributed by atoms with van der Waals surface area (Å²) in [7, 11) is 0. The number of anilines is 1. The lowest BCUT2D eigenvalue weighted by atomic mass is 9.70. The van der Waals surface area contributed by atoms with E-state index in [1.807, 2.05) is 0 Å². The van der Waals surface area contributed by atoms with Crippen LogP contribution in [0.3, 0.4) is 0 Å². The van der Waals surface area contributed by atoms with Crippen molar-refractivity contribution in [3.63, 3.8) is 0 Å². The molecule has 100 valence electrons. The molecule has 0 radical (unpaired) electrons. The van der Waals surface area contributed by atoms with E-state index in [0.717, 1.165) is 6.54 Å². The van der Waals surface area contributed by atoms with Crippen LogP contribution in [0.5, 0.6) is 0 Å². The number of nitrogens with zero attached hydrogens (tertiary/aromatic N) is 6. The van der Waals surface area contributed by atoms with E-state index in [0.29, 0.717) is 17.3 Å². The van der Waals surface area contributed by atoms with Gasteiger partial charge in [0.15, 0.2) is 0 Å². The Kier molecular flexibility index (Phi) is 3.06. The molecule has 2 heterocycles. The third-order valence-corrected chi connectivity index (χ3v) is 3.62. The minimum atomic E-state index is 0.141. The van der Waals surface area contributed by atoms with E-state index in [9.17, 15) is 0 Å². The van der Waals surface area contributed by atoms with E-state index < -0.39 is 0 Å². The molecule has 1 aliphatic rings. The molecule has 0 aliphatic heterocycles. The van der Waals surface area contributed by atoms with Gasteiger partial charge in [-0.1, -0.05) is 13.3 Å². The molecule has 0 aromatic carbocycles. The maximum Gasteiger partial charge on any atom is 0.258 e. The summed E-state index contributed by atoms with van der Waals surface area (Å²) in [4.78, 5) is 16.2. The zero-order valence-corrected chi connectivity index (χ0v) is 11.3. The molecule has 1 saturated carbocycles. The van der Waals surface area contributed by atoms with Crippen LogP contribution in [0.15, 0.2) is 12.7 Å². The molecule has 19 heavy (non-hydrogen) atoms. The molecule has 7 nitrogen and oxygen atoms in total. The van der Waals surface area contributed by atoms with Gasteiger partial charge in [-0.05, 0) is 29.9 Å². The van der Waals surface area contributed by atoms with E-state index in [-0.39, 0.29) is 5.28 Å². The lowest BCUT2D eigenvalue weighted by Crippen LogP contribution is -2.33. The Morgan fingerprint density at radius 2 is 2.21 bits per heavy atom. The van der Waals surface area contributed by atoms with Crippen molar-refractivity contribution < 1.29 is 0 Å². The summed E-state index contributed by atoms with van der Waals surface area (Å²) in [6, 6.07) is 0. The second-order valence-electron chi connectivity index (χ2n) is 5.09. The van der Waals surface area contributed by atoms with E-state index in [4.69, 9.17) is 11.6 Å². The summed E-state index contributed by atoms with van der Waals surface area (Å²) in [6.07, 6.45) is 6.69. The van der Waals surface area contributed by atoms with Gasteiger partial charge >= 0.3 is 0 Å². The maximum atomic E-state index is 5.90. The molecule has 0 amide bonds. The first-order valence-corrected chi connectivity index (χ1v) is 6.53. The molecule has 2 aromatic rings. The molecule has 0 bridgehead atoms. The van der Waals surface area contributed by atoms with E-state index in [2.05, 4.69) is 37.3 Å². The van der Waals surface area contributed by atoms with Gasteiger partial charge < -0.3 is 5.32 Å². The van der Waals surface area contributed by atoms with Crippen LogP contribution in [0.2, 0.25) is 5.28 Å². The van der Waals surface area contributed by atoms with Gasteiger partial charge in [0.1, 0.15) is 12.7 Å². The van der Waals surface area contributed by atoms with Crippen molar-refractivity contribution in [2.45, 2.75) is 26.2 Å². The predicted octanol–water partition coefficient (Wildman–Crippen LogP) is 1.71. The fourth-order valence-corrected chi connectivity index (χ4v) is 2.24. The molecular weight excluding hydrogens is 266 g/mol. The largest absolute Gasteiger partial charge is 0.353 e. The number of rotatable bonds is 4. The Balaban J connectivity index is 1.78. The second kappa shape index (κ2) is 4.73. The Morgan fingerprint density at radius 1 is 1.37 bits per heavy atom. The van der Waals surface area contributed by atoms with Crippen LogP contribution in [-0.4, -0.2) is 36.3 Å². The first-order chi connectivity index (χ1) is 9.15. The number of hydrogen-bond acceptors (Lipinski definition) is 6. The van der Waals surface area contributed by atoms with Crippen LogP contribution in [0, 0.1) is 5.41 Å². The zero-order valence-electron chi connectivity index (χ0n) is 10.5. The van der Waals surface area contributed by atoms with Crippen LogP contribution >= 0.6 is 11.6 Å². The van der Waals surface area contributed by atoms with Crippen LogP contribution in [0.4, 0.5) is 5.95 Å². The van der Waals surface area contributed by atoms with Gasteiger partial charge in [0.2, 0.25) is 11.2 Å². The lowest BCUT2D eigenvalue weighted by molar-refractivity contribution is 0.179. The van der Waals surface area contributed by atoms with Gasteiger partial charge in [-0.25, -0.2) is 4.98 Å². The third kappa shape index (κ3) is 2.65. The quantitative estimate of drug-likeness (QED) is 0.917. The SMILES string of the molecule is CC1(CNc2nc(Cl)nc(-n3cncn3)n2)CCC1. The van der Waals surface area contributed by atoms with E-state index >= 15 is 0 Å². The summed E-state index contributed by atoms with van der Waals surface area (Å²) < 4.78 is 1.45. The number of aromatic nitrogens is 6. The Morgan fingerprint density at radius 3 is 2.84 bits per heavy atom. The number of hydrogen-bond donors (Lipinski definition) is 1. The molecule has 0 saturated heterocycles. The fourth-order valence-electron chi connectivity index (χ4n) is 2.08. The summed E-state index contributed by atoms with van der Waals surface area (Å²) in [5, 5.41) is 7.33. The van der Waals surface area contributed by atoms with Gasteiger partial charge in [0.05, 0.1) is 0 Å². The van der Waals surface area contributed by atoms with Crippen molar-refractivity contribution >= 4 is 17.5 Å². The Labute approximate surface area is 115 Å². The van der Waals surface area contributed by atoms with Gasteiger partial charge in [-0.15, -0.1) is 0 Å². The highest BCUT2D eigenvalue weighted by molar-refractivity contribution is 6.28. The molecule has 0 atom stereocenters. The first-order valence-electron chi connectivity index (χ1n) is 6.15. The molecule has 1 aliphatic carbocycles. The lowest BCUT2D eigenvalue weighted by Gasteiger charge is -2.38. The summed E-state index contributed by atoms with van der Waals surface area (Å²) >= 11 is 5.90. The molecule has 2 aromatic heterocycles. The van der Waals surface area contributed by atoms with Crippen molar-refractivity contribution in [1.82, 2.24) is 29.7 Å². The highest BCUT2D eigenvalue weighted by Crippen LogP contribution is 2.39. The average molecular weight is 280 g/mol. The molecule has 0 unspecified atom stereocenters. The monoisotopic (exact) mass is 279 g/mol. The predicted molar refractivity (Wildman–Crippen MR) is 70.2 cm³/mol. The van der Waals surface area contributed by atoms with Gasteiger partial charge in [-0.3, -0.25) is 0 Å². The Bertz CT molecular complexity index is 564. The van der Waals surface area contributed by atoms with E-state index in [1.165, 1.54) is 36.6 Å². The molecule has 3 rings (SSSR count). The minimum Gasteiger partial charge on any atom is -0.353 e. The Hall–Kier alpha value is -1.76. The van der Waals surface area contributed by atoms with Gasteiger partial charge in [0, 0.05) is 6.54 Å². The van der Waals surface area contributed by atoms with E-state index in [1.54, 1.807) is 0 Å². The highest BCUT2D eigenvalue weighted by atomic mass is 35.5. The van der Waals surface area contributed by atoms with Gasteiger partial charge in [0.25, 0.3) is 5.95 Å². The topological polar surface area (TPSA) is 81.4 Å². The molecule has 8 heteroatoms. The van der Waals surface area contributed by atoms with Gasteiger partial charge in [-0.2, -0.15) is 24.7 Å². The minimum absolute atomic E-state index is 0.141. The van der Waals surface area contributed by atoms with Crippen molar-refractivity contribution in [2.24, 2.45) is 5.41 Å². The average Bonchev–Trinajstić information content (AvgIpc) is 2.87. The summed E-state index contributed by atoms with van der Waals surface area (Å²) in [5.41, 5.74) is 0.340. The van der Waals surface area contributed by atoms with Crippen molar-refractivity contribution in [1.29, 1.82) is 0 Å². The first kappa shape index (κ1) is 12.3. The van der Waals surface area contributed by atoms with Crippen LogP contribution in [0.1, 0.15) is 26.2 Å². The van der Waals surface area contributed by atoms with Crippen molar-refractivity contribution in [3.05, 3.63) is 17.9 Å². The molecular formula is C11H14ClN7. The zero-order chi connectivity index (χ0) is 13.3.